The first-order chi connectivity index (χ1) is 10.8. The molecule has 0 aliphatic rings. The minimum absolute atomic E-state index is 0.0295. The predicted molar refractivity (Wildman–Crippen MR) is 76.6 cm³/mol. The van der Waals surface area contributed by atoms with E-state index in [9.17, 15) is 22.0 Å². The summed E-state index contributed by atoms with van der Waals surface area (Å²) in [6, 6.07) is 7.34. The van der Waals surface area contributed by atoms with E-state index < -0.39 is 27.7 Å². The first-order valence-electron chi connectivity index (χ1n) is 6.50. The molecule has 0 atom stereocenters. The lowest BCUT2D eigenvalue weighted by Crippen LogP contribution is -2.12. The second-order valence-electron chi connectivity index (χ2n) is 4.36. The van der Waals surface area contributed by atoms with E-state index in [-0.39, 0.29) is 22.8 Å². The number of carbonyl (C=O) groups excluding carboxylic acids is 1. The third-order valence-electron chi connectivity index (χ3n) is 2.73. The number of ether oxygens (including phenoxy) is 1. The molecule has 0 saturated heterocycles. The number of hydrogen-bond donors (Lipinski definition) is 0. The van der Waals surface area contributed by atoms with Crippen molar-refractivity contribution >= 4 is 16.1 Å². The van der Waals surface area contributed by atoms with E-state index in [4.69, 9.17) is 8.92 Å². The van der Waals surface area contributed by atoms with Crippen molar-refractivity contribution in [2.24, 2.45) is 0 Å². The number of esters is 1. The topological polar surface area (TPSA) is 69.7 Å². The molecule has 0 unspecified atom stereocenters. The van der Waals surface area contributed by atoms with E-state index in [1.165, 1.54) is 18.2 Å². The highest BCUT2D eigenvalue weighted by molar-refractivity contribution is 7.87. The van der Waals surface area contributed by atoms with Crippen LogP contribution in [0.3, 0.4) is 0 Å². The largest absolute Gasteiger partial charge is 0.462 e. The van der Waals surface area contributed by atoms with Crippen LogP contribution in [0, 0.1) is 11.6 Å². The van der Waals surface area contributed by atoms with Crippen molar-refractivity contribution in [2.45, 2.75) is 11.8 Å². The van der Waals surface area contributed by atoms with Crippen molar-refractivity contribution in [3.8, 4) is 5.75 Å². The zero-order chi connectivity index (χ0) is 17.0. The number of benzene rings is 2. The summed E-state index contributed by atoms with van der Waals surface area (Å²) >= 11 is 0. The molecule has 0 N–H and O–H groups in total. The quantitative estimate of drug-likeness (QED) is 0.617. The van der Waals surface area contributed by atoms with E-state index in [1.807, 2.05) is 0 Å². The molecule has 8 heteroatoms. The van der Waals surface area contributed by atoms with Gasteiger partial charge in [0.2, 0.25) is 0 Å². The molecule has 0 spiro atoms. The van der Waals surface area contributed by atoms with Crippen LogP contribution in [0.5, 0.6) is 5.75 Å². The van der Waals surface area contributed by atoms with Crippen LogP contribution in [0.2, 0.25) is 0 Å². The highest BCUT2D eigenvalue weighted by Crippen LogP contribution is 2.21. The lowest BCUT2D eigenvalue weighted by molar-refractivity contribution is 0.0526. The minimum Gasteiger partial charge on any atom is -0.462 e. The Hall–Kier alpha value is -2.48. The first-order valence-corrected chi connectivity index (χ1v) is 7.91. The molecule has 0 radical (unpaired) electrons. The molecular formula is C15H12F2O5S. The number of rotatable bonds is 5. The van der Waals surface area contributed by atoms with Crippen LogP contribution in [-0.2, 0) is 14.9 Å². The molecule has 23 heavy (non-hydrogen) atoms. The van der Waals surface area contributed by atoms with Crippen LogP contribution < -0.4 is 4.18 Å². The van der Waals surface area contributed by atoms with Gasteiger partial charge in [0.15, 0.2) is 11.6 Å². The van der Waals surface area contributed by atoms with Gasteiger partial charge in [0, 0.05) is 6.07 Å². The Bertz CT molecular complexity index is 834. The predicted octanol–water partition coefficient (Wildman–Crippen LogP) is 2.91. The van der Waals surface area contributed by atoms with Gasteiger partial charge in [-0.15, -0.1) is 0 Å². The van der Waals surface area contributed by atoms with Crippen LogP contribution in [0.15, 0.2) is 47.4 Å². The fraction of sp³-hybridized carbons (Fsp3) is 0.133. The lowest BCUT2D eigenvalue weighted by atomic mass is 10.2. The van der Waals surface area contributed by atoms with E-state index in [2.05, 4.69) is 0 Å². The molecular weight excluding hydrogens is 330 g/mol. The number of hydrogen-bond acceptors (Lipinski definition) is 5. The summed E-state index contributed by atoms with van der Waals surface area (Å²) in [5, 5.41) is 0. The minimum atomic E-state index is -4.31. The maximum atomic E-state index is 13.1. The first kappa shape index (κ1) is 16.9. The van der Waals surface area contributed by atoms with Gasteiger partial charge >= 0.3 is 16.1 Å². The normalized spacial score (nSPS) is 11.1. The van der Waals surface area contributed by atoms with Crippen molar-refractivity contribution in [1.82, 2.24) is 0 Å². The average molecular weight is 342 g/mol. The smallest absolute Gasteiger partial charge is 0.339 e. The van der Waals surface area contributed by atoms with E-state index >= 15 is 0 Å². The van der Waals surface area contributed by atoms with Gasteiger partial charge in [0.05, 0.1) is 12.2 Å². The van der Waals surface area contributed by atoms with Gasteiger partial charge in [0.25, 0.3) is 0 Å². The van der Waals surface area contributed by atoms with E-state index in [0.717, 1.165) is 18.2 Å². The van der Waals surface area contributed by atoms with Crippen LogP contribution in [0.25, 0.3) is 0 Å². The zero-order valence-electron chi connectivity index (χ0n) is 12.0. The molecule has 0 aromatic heterocycles. The Labute approximate surface area is 131 Å². The lowest BCUT2D eigenvalue weighted by Gasteiger charge is -2.08. The SMILES string of the molecule is CCOC(=O)c1cccc(S(=O)(=O)Oc2ccc(F)c(F)c2)c1. The summed E-state index contributed by atoms with van der Waals surface area (Å²) in [6.07, 6.45) is 0. The van der Waals surface area contributed by atoms with Crippen LogP contribution in [0.1, 0.15) is 17.3 Å². The fourth-order valence-electron chi connectivity index (χ4n) is 1.70. The second-order valence-corrected chi connectivity index (χ2v) is 5.91. The summed E-state index contributed by atoms with van der Waals surface area (Å²) in [7, 11) is -4.31. The summed E-state index contributed by atoms with van der Waals surface area (Å²) in [5.74, 6) is -3.43. The molecule has 2 aromatic rings. The molecule has 0 amide bonds. The second kappa shape index (κ2) is 6.74. The maximum absolute atomic E-state index is 13.1. The molecule has 2 aromatic carbocycles. The molecule has 0 aliphatic heterocycles. The number of carbonyl (C=O) groups is 1. The third kappa shape index (κ3) is 4.04. The Balaban J connectivity index is 2.30. The van der Waals surface area contributed by atoms with Crippen molar-refractivity contribution < 1.29 is 30.9 Å². The van der Waals surface area contributed by atoms with Gasteiger partial charge in [0.1, 0.15) is 10.6 Å². The van der Waals surface area contributed by atoms with Gasteiger partial charge in [-0.05, 0) is 37.3 Å². The summed E-state index contributed by atoms with van der Waals surface area (Å²) < 4.78 is 59.7. The van der Waals surface area contributed by atoms with Crippen molar-refractivity contribution in [2.75, 3.05) is 6.61 Å². The monoisotopic (exact) mass is 342 g/mol. The molecule has 122 valence electrons. The average Bonchev–Trinajstić information content (AvgIpc) is 2.51. The van der Waals surface area contributed by atoms with Crippen molar-refractivity contribution in [3.05, 3.63) is 59.7 Å². The van der Waals surface area contributed by atoms with Crippen LogP contribution in [-0.4, -0.2) is 21.0 Å². The molecule has 0 aliphatic carbocycles. The van der Waals surface area contributed by atoms with Crippen LogP contribution in [0.4, 0.5) is 8.78 Å². The summed E-state index contributed by atoms with van der Waals surface area (Å²) in [6.45, 7) is 1.76. The third-order valence-corrected chi connectivity index (χ3v) is 3.97. The van der Waals surface area contributed by atoms with Gasteiger partial charge < -0.3 is 8.92 Å². The molecule has 0 heterocycles. The van der Waals surface area contributed by atoms with Crippen molar-refractivity contribution in [3.63, 3.8) is 0 Å². The molecule has 5 nitrogen and oxygen atoms in total. The fourth-order valence-corrected chi connectivity index (χ4v) is 2.67. The summed E-state index contributed by atoms with van der Waals surface area (Å²) in [5.41, 5.74) is 0.0295. The van der Waals surface area contributed by atoms with Gasteiger partial charge in [-0.2, -0.15) is 8.42 Å². The summed E-state index contributed by atoms with van der Waals surface area (Å²) in [4.78, 5) is 11.3. The Kier molecular flexibility index (Phi) is 4.95. The molecule has 0 fully saturated rings. The number of halogens is 2. The van der Waals surface area contributed by atoms with Crippen LogP contribution >= 0.6 is 0 Å². The molecule has 0 saturated carbocycles. The highest BCUT2D eigenvalue weighted by Gasteiger charge is 2.19. The standard InChI is InChI=1S/C15H12F2O5S/c1-2-21-15(18)10-4-3-5-12(8-10)23(19,20)22-11-6-7-13(16)14(17)9-11/h3-9H,2H2,1H3. The van der Waals surface area contributed by atoms with Gasteiger partial charge in [-0.25, -0.2) is 13.6 Å². The van der Waals surface area contributed by atoms with Gasteiger partial charge in [-0.1, -0.05) is 6.07 Å². The van der Waals surface area contributed by atoms with Gasteiger partial charge in [-0.3, -0.25) is 0 Å². The van der Waals surface area contributed by atoms with E-state index in [0.29, 0.717) is 6.07 Å². The molecule has 2 rings (SSSR count). The maximum Gasteiger partial charge on any atom is 0.339 e. The zero-order valence-corrected chi connectivity index (χ0v) is 12.8. The van der Waals surface area contributed by atoms with Crippen molar-refractivity contribution in [1.29, 1.82) is 0 Å². The van der Waals surface area contributed by atoms with E-state index in [1.54, 1.807) is 6.92 Å². The Morgan fingerprint density at radius 2 is 1.83 bits per heavy atom. The Morgan fingerprint density at radius 3 is 2.48 bits per heavy atom. The Morgan fingerprint density at radius 1 is 1.09 bits per heavy atom. The highest BCUT2D eigenvalue weighted by atomic mass is 32.2. The molecule has 0 bridgehead atoms.